The van der Waals surface area contributed by atoms with Crippen molar-refractivity contribution in [2.75, 3.05) is 13.1 Å². The van der Waals surface area contributed by atoms with Crippen molar-refractivity contribution >= 4 is 0 Å². The topological polar surface area (TPSA) is 23.5 Å². The van der Waals surface area contributed by atoms with Crippen molar-refractivity contribution in [3.63, 3.8) is 0 Å². The summed E-state index contributed by atoms with van der Waals surface area (Å²) in [4.78, 5) is 2.05. The lowest BCUT2D eigenvalue weighted by atomic mass is 10.1. The summed E-state index contributed by atoms with van der Waals surface area (Å²) >= 11 is 0. The molecule has 1 aliphatic rings. The highest BCUT2D eigenvalue weighted by Gasteiger charge is 2.13. The standard InChI is InChI=1S/C7H13NO/c1-2-8-5-3-4-7(9)6-8/h2,7,9H,1,3-6H2. The van der Waals surface area contributed by atoms with Crippen molar-refractivity contribution in [3.05, 3.63) is 12.8 Å². The Morgan fingerprint density at radius 1 is 1.67 bits per heavy atom. The van der Waals surface area contributed by atoms with Crippen LogP contribution in [-0.4, -0.2) is 29.2 Å². The SMILES string of the molecule is C=CN1CCCC(O)C1. The van der Waals surface area contributed by atoms with Crippen LogP contribution in [0.1, 0.15) is 12.8 Å². The van der Waals surface area contributed by atoms with E-state index in [1.54, 1.807) is 6.20 Å². The molecule has 1 aliphatic heterocycles. The highest BCUT2D eigenvalue weighted by molar-refractivity contribution is 4.78. The maximum atomic E-state index is 9.12. The molecule has 1 rings (SSSR count). The molecule has 1 fully saturated rings. The summed E-state index contributed by atoms with van der Waals surface area (Å²) in [6, 6.07) is 0. The van der Waals surface area contributed by atoms with Crippen molar-refractivity contribution in [2.45, 2.75) is 18.9 Å². The molecule has 1 N–H and O–H groups in total. The van der Waals surface area contributed by atoms with Gasteiger partial charge in [0.25, 0.3) is 0 Å². The van der Waals surface area contributed by atoms with Crippen molar-refractivity contribution < 1.29 is 5.11 Å². The van der Waals surface area contributed by atoms with E-state index >= 15 is 0 Å². The zero-order chi connectivity index (χ0) is 6.69. The summed E-state index contributed by atoms with van der Waals surface area (Å²) in [6.07, 6.45) is 3.71. The lowest BCUT2D eigenvalue weighted by Gasteiger charge is -2.28. The molecule has 0 spiro atoms. The largest absolute Gasteiger partial charge is 0.391 e. The summed E-state index contributed by atoms with van der Waals surface area (Å²) in [7, 11) is 0. The number of piperidine rings is 1. The molecule has 0 bridgehead atoms. The van der Waals surface area contributed by atoms with E-state index in [4.69, 9.17) is 5.11 Å². The Labute approximate surface area is 55.8 Å². The monoisotopic (exact) mass is 127 g/mol. The fraction of sp³-hybridized carbons (Fsp3) is 0.714. The summed E-state index contributed by atoms with van der Waals surface area (Å²) in [6.45, 7) is 5.46. The lowest BCUT2D eigenvalue weighted by Crippen LogP contribution is -2.34. The predicted molar refractivity (Wildman–Crippen MR) is 37.0 cm³/mol. The van der Waals surface area contributed by atoms with E-state index in [1.807, 2.05) is 4.90 Å². The van der Waals surface area contributed by atoms with Gasteiger partial charge in [-0.25, -0.2) is 0 Å². The summed E-state index contributed by atoms with van der Waals surface area (Å²) < 4.78 is 0. The zero-order valence-corrected chi connectivity index (χ0v) is 5.58. The summed E-state index contributed by atoms with van der Waals surface area (Å²) in [5, 5.41) is 9.12. The molecule has 0 radical (unpaired) electrons. The van der Waals surface area contributed by atoms with Gasteiger partial charge in [-0.15, -0.1) is 0 Å². The maximum Gasteiger partial charge on any atom is 0.0715 e. The molecule has 0 amide bonds. The third kappa shape index (κ3) is 1.72. The fourth-order valence-electron chi connectivity index (χ4n) is 1.15. The molecular weight excluding hydrogens is 114 g/mol. The van der Waals surface area contributed by atoms with Crippen LogP contribution in [0.4, 0.5) is 0 Å². The molecule has 0 aromatic rings. The Morgan fingerprint density at radius 2 is 2.44 bits per heavy atom. The molecule has 0 saturated carbocycles. The molecule has 2 heteroatoms. The Kier molecular flexibility index (Phi) is 2.11. The van der Waals surface area contributed by atoms with Crippen LogP contribution >= 0.6 is 0 Å². The number of rotatable bonds is 1. The lowest BCUT2D eigenvalue weighted by molar-refractivity contribution is 0.0943. The minimum Gasteiger partial charge on any atom is -0.391 e. The van der Waals surface area contributed by atoms with Gasteiger partial charge < -0.3 is 10.0 Å². The Morgan fingerprint density at radius 3 is 2.89 bits per heavy atom. The number of likely N-dealkylation sites (tertiary alicyclic amines) is 1. The molecule has 0 aromatic carbocycles. The minimum atomic E-state index is -0.128. The quantitative estimate of drug-likeness (QED) is 0.557. The average molecular weight is 127 g/mol. The molecule has 1 unspecified atom stereocenters. The van der Waals surface area contributed by atoms with E-state index in [0.29, 0.717) is 0 Å². The van der Waals surface area contributed by atoms with E-state index in [0.717, 1.165) is 25.9 Å². The number of β-amino-alcohol motifs (C(OH)–C–C–N with tert-alkyl or cyclic N) is 1. The van der Waals surface area contributed by atoms with Crippen LogP contribution in [0.15, 0.2) is 12.8 Å². The van der Waals surface area contributed by atoms with Gasteiger partial charge >= 0.3 is 0 Å². The van der Waals surface area contributed by atoms with E-state index < -0.39 is 0 Å². The zero-order valence-electron chi connectivity index (χ0n) is 5.58. The smallest absolute Gasteiger partial charge is 0.0715 e. The van der Waals surface area contributed by atoms with Crippen LogP contribution in [-0.2, 0) is 0 Å². The molecule has 9 heavy (non-hydrogen) atoms. The third-order valence-electron chi connectivity index (χ3n) is 1.69. The molecule has 0 aromatic heterocycles. The van der Waals surface area contributed by atoms with E-state index in [9.17, 15) is 0 Å². The van der Waals surface area contributed by atoms with Crippen LogP contribution in [0.2, 0.25) is 0 Å². The normalized spacial score (nSPS) is 28.1. The second-order valence-electron chi connectivity index (χ2n) is 2.47. The van der Waals surface area contributed by atoms with Gasteiger partial charge in [-0.2, -0.15) is 0 Å². The van der Waals surface area contributed by atoms with Crippen LogP contribution in [0.5, 0.6) is 0 Å². The molecular formula is C7H13NO. The van der Waals surface area contributed by atoms with Crippen molar-refractivity contribution in [1.29, 1.82) is 0 Å². The van der Waals surface area contributed by atoms with E-state index in [2.05, 4.69) is 6.58 Å². The fourth-order valence-corrected chi connectivity index (χ4v) is 1.15. The Bertz CT molecular complexity index is 103. The number of aliphatic hydroxyl groups is 1. The van der Waals surface area contributed by atoms with Gasteiger partial charge in [0.05, 0.1) is 6.10 Å². The van der Waals surface area contributed by atoms with E-state index in [-0.39, 0.29) is 6.10 Å². The first-order valence-corrected chi connectivity index (χ1v) is 3.37. The minimum absolute atomic E-state index is 0.128. The summed E-state index contributed by atoms with van der Waals surface area (Å²) in [5.74, 6) is 0. The second kappa shape index (κ2) is 2.87. The van der Waals surface area contributed by atoms with Crippen molar-refractivity contribution in [3.8, 4) is 0 Å². The third-order valence-corrected chi connectivity index (χ3v) is 1.69. The molecule has 0 aliphatic carbocycles. The van der Waals surface area contributed by atoms with Crippen molar-refractivity contribution in [1.82, 2.24) is 4.90 Å². The molecule has 2 nitrogen and oxygen atoms in total. The van der Waals surface area contributed by atoms with Gasteiger partial charge in [0.2, 0.25) is 0 Å². The van der Waals surface area contributed by atoms with Crippen LogP contribution in [0, 0.1) is 0 Å². The highest BCUT2D eigenvalue weighted by Crippen LogP contribution is 2.08. The number of hydrogen-bond acceptors (Lipinski definition) is 2. The Hall–Kier alpha value is -0.500. The molecule has 52 valence electrons. The predicted octanol–water partition coefficient (Wildman–Crippen LogP) is 0.587. The van der Waals surface area contributed by atoms with Gasteiger partial charge in [0, 0.05) is 13.1 Å². The Balaban J connectivity index is 2.31. The molecule has 1 heterocycles. The highest BCUT2D eigenvalue weighted by atomic mass is 16.3. The van der Waals surface area contributed by atoms with Gasteiger partial charge in [0.1, 0.15) is 0 Å². The van der Waals surface area contributed by atoms with Gasteiger partial charge in [-0.1, -0.05) is 6.58 Å². The van der Waals surface area contributed by atoms with Gasteiger partial charge in [0.15, 0.2) is 0 Å². The van der Waals surface area contributed by atoms with Gasteiger partial charge in [-0.05, 0) is 19.0 Å². The first kappa shape index (κ1) is 6.62. The first-order chi connectivity index (χ1) is 4.33. The van der Waals surface area contributed by atoms with Crippen LogP contribution in [0.3, 0.4) is 0 Å². The van der Waals surface area contributed by atoms with Crippen LogP contribution < -0.4 is 0 Å². The molecule has 1 atom stereocenters. The number of aliphatic hydroxyl groups excluding tert-OH is 1. The first-order valence-electron chi connectivity index (χ1n) is 3.37. The average Bonchev–Trinajstić information content (AvgIpc) is 1.88. The van der Waals surface area contributed by atoms with E-state index in [1.165, 1.54) is 0 Å². The second-order valence-corrected chi connectivity index (χ2v) is 2.47. The summed E-state index contributed by atoms with van der Waals surface area (Å²) in [5.41, 5.74) is 0. The number of hydrogen-bond donors (Lipinski definition) is 1. The maximum absolute atomic E-state index is 9.12. The van der Waals surface area contributed by atoms with Crippen molar-refractivity contribution in [2.24, 2.45) is 0 Å². The molecule has 1 saturated heterocycles. The van der Waals surface area contributed by atoms with Gasteiger partial charge in [-0.3, -0.25) is 0 Å². The van der Waals surface area contributed by atoms with Crippen LogP contribution in [0.25, 0.3) is 0 Å². The number of nitrogens with zero attached hydrogens (tertiary/aromatic N) is 1.